The Balaban J connectivity index is 0.000000671. The molecule has 1 aromatic carbocycles. The Hall–Kier alpha value is -0.730. The molecule has 0 fully saturated rings. The molecule has 0 spiro atoms. The fourth-order valence-corrected chi connectivity index (χ4v) is 1.20. The van der Waals surface area contributed by atoms with Crippen LogP contribution in [0.2, 0.25) is 0 Å². The molecule has 0 radical (unpaired) electrons. The lowest BCUT2D eigenvalue weighted by Gasteiger charge is -1.97. The average molecular weight is 196 g/mol. The minimum absolute atomic E-state index is 1.11. The molecule has 0 unspecified atom stereocenters. The maximum Gasteiger partial charge on any atom is 0.0508 e. The van der Waals surface area contributed by atoms with Gasteiger partial charge in [0.05, 0.1) is 7.11 Å². The van der Waals surface area contributed by atoms with E-state index in [-0.39, 0.29) is 0 Å². The van der Waals surface area contributed by atoms with Crippen molar-refractivity contribution < 1.29 is 4.18 Å². The summed E-state index contributed by atoms with van der Waals surface area (Å²) in [5, 5.41) is 0. The molecule has 0 atom stereocenters. The predicted molar refractivity (Wildman–Crippen MR) is 60.7 cm³/mol. The summed E-state index contributed by atoms with van der Waals surface area (Å²) in [5.74, 6) is 0. The topological polar surface area (TPSA) is 9.23 Å². The van der Waals surface area contributed by atoms with Gasteiger partial charge in [-0.15, -0.1) is 0 Å². The fraction of sp³-hybridized carbons (Fsp3) is 0.273. The highest BCUT2D eigenvalue weighted by Crippen LogP contribution is 2.18. The standard InChI is InChI=1S/C9H10OS.C2H6/c1-3-8-4-6-9(7-5-8)11-10-2;1-2/h3-7H,1H2,2H3;1-2H3. The molecule has 0 heterocycles. The van der Waals surface area contributed by atoms with E-state index < -0.39 is 0 Å². The van der Waals surface area contributed by atoms with E-state index in [0.29, 0.717) is 0 Å². The largest absolute Gasteiger partial charge is 0.314 e. The van der Waals surface area contributed by atoms with E-state index in [0.717, 1.165) is 10.5 Å². The number of hydrogen-bond donors (Lipinski definition) is 0. The Morgan fingerprint density at radius 3 is 2.15 bits per heavy atom. The highest BCUT2D eigenvalue weighted by atomic mass is 32.2. The van der Waals surface area contributed by atoms with E-state index in [1.807, 2.05) is 44.2 Å². The van der Waals surface area contributed by atoms with Crippen LogP contribution in [0.3, 0.4) is 0 Å². The lowest BCUT2D eigenvalue weighted by molar-refractivity contribution is 0.490. The minimum Gasteiger partial charge on any atom is -0.314 e. The Bertz CT molecular complexity index is 228. The molecule has 0 amide bonds. The zero-order chi connectivity index (χ0) is 10.1. The average Bonchev–Trinajstić information content (AvgIpc) is 2.23. The van der Waals surface area contributed by atoms with Crippen molar-refractivity contribution in [1.82, 2.24) is 0 Å². The number of benzene rings is 1. The molecular formula is C11H16OS. The van der Waals surface area contributed by atoms with E-state index in [1.54, 1.807) is 7.11 Å². The van der Waals surface area contributed by atoms with Crippen molar-refractivity contribution in [2.45, 2.75) is 18.7 Å². The van der Waals surface area contributed by atoms with Gasteiger partial charge < -0.3 is 4.18 Å². The summed E-state index contributed by atoms with van der Waals surface area (Å²) in [7, 11) is 1.66. The highest BCUT2D eigenvalue weighted by molar-refractivity contribution is 7.94. The van der Waals surface area contributed by atoms with Crippen molar-refractivity contribution >= 4 is 18.1 Å². The van der Waals surface area contributed by atoms with Crippen LogP contribution in [0.15, 0.2) is 35.7 Å². The van der Waals surface area contributed by atoms with Gasteiger partial charge in [-0.2, -0.15) is 0 Å². The van der Waals surface area contributed by atoms with Crippen molar-refractivity contribution in [3.63, 3.8) is 0 Å². The summed E-state index contributed by atoms with van der Waals surface area (Å²) in [6.45, 7) is 7.67. The second-order valence-corrected chi connectivity index (χ2v) is 2.99. The highest BCUT2D eigenvalue weighted by Gasteiger charge is 1.90. The van der Waals surface area contributed by atoms with Crippen molar-refractivity contribution in [3.8, 4) is 0 Å². The predicted octanol–water partition coefficient (Wildman–Crippen LogP) is 4.01. The second-order valence-electron chi connectivity index (χ2n) is 2.02. The van der Waals surface area contributed by atoms with Gasteiger partial charge in [-0.3, -0.25) is 0 Å². The molecule has 0 N–H and O–H groups in total. The quantitative estimate of drug-likeness (QED) is 0.675. The van der Waals surface area contributed by atoms with Crippen LogP contribution in [0.1, 0.15) is 19.4 Å². The summed E-state index contributed by atoms with van der Waals surface area (Å²) in [4.78, 5) is 1.11. The van der Waals surface area contributed by atoms with Gasteiger partial charge in [-0.1, -0.05) is 38.6 Å². The third-order valence-corrected chi connectivity index (χ3v) is 1.93. The molecule has 0 saturated carbocycles. The SMILES string of the molecule is C=Cc1ccc(SOC)cc1.CC. The monoisotopic (exact) mass is 196 g/mol. The molecule has 0 aromatic heterocycles. The molecule has 13 heavy (non-hydrogen) atoms. The van der Waals surface area contributed by atoms with E-state index in [9.17, 15) is 0 Å². The zero-order valence-corrected chi connectivity index (χ0v) is 9.23. The first-order valence-electron chi connectivity index (χ1n) is 4.30. The van der Waals surface area contributed by atoms with E-state index in [1.165, 1.54) is 12.0 Å². The summed E-state index contributed by atoms with van der Waals surface area (Å²) >= 11 is 1.36. The van der Waals surface area contributed by atoms with Crippen LogP contribution in [0.5, 0.6) is 0 Å². The molecule has 1 rings (SSSR count). The molecule has 72 valence electrons. The van der Waals surface area contributed by atoms with Gasteiger partial charge in [0.15, 0.2) is 0 Å². The first kappa shape index (κ1) is 12.3. The van der Waals surface area contributed by atoms with Gasteiger partial charge in [-0.25, -0.2) is 0 Å². The van der Waals surface area contributed by atoms with Crippen molar-refractivity contribution in [1.29, 1.82) is 0 Å². The first-order valence-corrected chi connectivity index (χ1v) is 5.04. The molecule has 1 nitrogen and oxygen atoms in total. The van der Waals surface area contributed by atoms with Crippen molar-refractivity contribution in [3.05, 3.63) is 36.4 Å². The summed E-state index contributed by atoms with van der Waals surface area (Å²) in [6, 6.07) is 8.03. The van der Waals surface area contributed by atoms with Gasteiger partial charge in [-0.05, 0) is 17.7 Å². The Labute approximate surface area is 85.0 Å². The molecule has 0 bridgehead atoms. The summed E-state index contributed by atoms with van der Waals surface area (Å²) in [5.41, 5.74) is 1.13. The van der Waals surface area contributed by atoms with Crippen molar-refractivity contribution in [2.75, 3.05) is 7.11 Å². The lowest BCUT2D eigenvalue weighted by atomic mass is 10.2. The van der Waals surface area contributed by atoms with Gasteiger partial charge in [0.2, 0.25) is 0 Å². The van der Waals surface area contributed by atoms with Crippen LogP contribution in [0, 0.1) is 0 Å². The molecule has 1 aromatic rings. The molecular weight excluding hydrogens is 180 g/mol. The van der Waals surface area contributed by atoms with Crippen LogP contribution in [-0.4, -0.2) is 7.11 Å². The van der Waals surface area contributed by atoms with Gasteiger partial charge in [0.25, 0.3) is 0 Å². The van der Waals surface area contributed by atoms with E-state index in [4.69, 9.17) is 4.18 Å². The lowest BCUT2D eigenvalue weighted by Crippen LogP contribution is -1.73. The van der Waals surface area contributed by atoms with Crippen LogP contribution < -0.4 is 0 Å². The first-order chi connectivity index (χ1) is 6.36. The third-order valence-electron chi connectivity index (χ3n) is 1.30. The van der Waals surface area contributed by atoms with Crippen molar-refractivity contribution in [2.24, 2.45) is 0 Å². The zero-order valence-electron chi connectivity index (χ0n) is 8.41. The Kier molecular flexibility index (Phi) is 7.45. The van der Waals surface area contributed by atoms with Crippen LogP contribution in [-0.2, 0) is 4.18 Å². The molecule has 2 heteroatoms. The van der Waals surface area contributed by atoms with Crippen LogP contribution >= 0.6 is 12.0 Å². The van der Waals surface area contributed by atoms with Crippen LogP contribution in [0.4, 0.5) is 0 Å². The molecule has 0 aliphatic heterocycles. The Morgan fingerprint density at radius 2 is 1.77 bits per heavy atom. The number of hydrogen-bond acceptors (Lipinski definition) is 2. The maximum atomic E-state index is 4.89. The number of rotatable bonds is 3. The van der Waals surface area contributed by atoms with Crippen LogP contribution in [0.25, 0.3) is 6.08 Å². The second kappa shape index (κ2) is 7.90. The van der Waals surface area contributed by atoms with E-state index in [2.05, 4.69) is 6.58 Å². The molecule has 0 aliphatic rings. The minimum atomic E-state index is 1.11. The smallest absolute Gasteiger partial charge is 0.0508 e. The Morgan fingerprint density at radius 1 is 1.23 bits per heavy atom. The normalized spacial score (nSPS) is 8.54. The van der Waals surface area contributed by atoms with Gasteiger partial charge in [0.1, 0.15) is 0 Å². The molecule has 0 saturated heterocycles. The maximum absolute atomic E-state index is 4.89. The van der Waals surface area contributed by atoms with Gasteiger partial charge >= 0.3 is 0 Å². The molecule has 0 aliphatic carbocycles. The van der Waals surface area contributed by atoms with Gasteiger partial charge in [0, 0.05) is 16.9 Å². The summed E-state index contributed by atoms with van der Waals surface area (Å²) in [6.07, 6.45) is 1.82. The van der Waals surface area contributed by atoms with E-state index >= 15 is 0 Å². The third kappa shape index (κ3) is 4.76. The fourth-order valence-electron chi connectivity index (χ4n) is 0.756. The summed E-state index contributed by atoms with van der Waals surface area (Å²) < 4.78 is 4.89.